The predicted octanol–water partition coefficient (Wildman–Crippen LogP) is 7.02. The van der Waals surface area contributed by atoms with Gasteiger partial charge in [-0.15, -0.1) is 0 Å². The Labute approximate surface area is 262 Å². The third kappa shape index (κ3) is 7.59. The molecule has 0 spiro atoms. The molecule has 0 saturated heterocycles. The van der Waals surface area contributed by atoms with Crippen LogP contribution in [0.5, 0.6) is 0 Å². The molecule has 0 radical (unpaired) electrons. The average Bonchev–Trinajstić information content (AvgIpc) is 2.97. The zero-order valence-electron chi connectivity index (χ0n) is 23.5. The van der Waals surface area contributed by atoms with Crippen molar-refractivity contribution >= 4 is 62.3 Å². The monoisotopic (exact) mass is 649 g/mol. The van der Waals surface area contributed by atoms with Gasteiger partial charge >= 0.3 is 0 Å². The summed E-state index contributed by atoms with van der Waals surface area (Å²) in [5.41, 5.74) is 1.55. The Morgan fingerprint density at radius 2 is 1.55 bits per heavy atom. The van der Waals surface area contributed by atoms with Crippen molar-refractivity contribution in [3.05, 3.63) is 92.9 Å². The van der Waals surface area contributed by atoms with Gasteiger partial charge in [-0.05, 0) is 62.6 Å². The number of hydrogen-bond acceptors (Lipinski definition) is 4. The van der Waals surface area contributed by atoms with Crippen LogP contribution in [-0.2, 0) is 26.2 Å². The van der Waals surface area contributed by atoms with Crippen LogP contribution in [0.15, 0.2) is 71.6 Å². The summed E-state index contributed by atoms with van der Waals surface area (Å²) in [6, 6.07) is 17.0. The van der Waals surface area contributed by atoms with Crippen molar-refractivity contribution in [3.8, 4) is 0 Å². The summed E-state index contributed by atoms with van der Waals surface area (Å²) in [6.07, 6.45) is 4.97. The van der Waals surface area contributed by atoms with E-state index < -0.39 is 28.5 Å². The minimum Gasteiger partial charge on any atom is -0.352 e. The average molecular weight is 651 g/mol. The smallest absolute Gasteiger partial charge is 0.264 e. The number of aryl methyl sites for hydroxylation is 1. The molecule has 3 aromatic rings. The van der Waals surface area contributed by atoms with Gasteiger partial charge in [-0.1, -0.05) is 96.0 Å². The molecule has 2 amide bonds. The number of rotatable bonds is 10. The second-order valence-electron chi connectivity index (χ2n) is 10.5. The molecule has 1 aliphatic carbocycles. The van der Waals surface area contributed by atoms with Crippen LogP contribution in [0.4, 0.5) is 5.69 Å². The lowest BCUT2D eigenvalue weighted by molar-refractivity contribution is -0.139. The standard InChI is InChI=1S/C31H34Cl3N3O4S/c1-21-15-17-25(18-16-21)42(40,41)37(28-14-8-13-27(33)30(28)34)20-29(38)36(19-23-9-6-7-12-26(23)32)22(2)31(39)35-24-10-4-3-5-11-24/h6-9,12-18,22,24H,3-5,10-11,19-20H2,1-2H3,(H,35,39)/t22-/m0/s1. The van der Waals surface area contributed by atoms with Gasteiger partial charge in [0.25, 0.3) is 10.0 Å². The zero-order chi connectivity index (χ0) is 30.4. The number of halogens is 3. The van der Waals surface area contributed by atoms with Crippen LogP contribution >= 0.6 is 34.8 Å². The van der Waals surface area contributed by atoms with Gasteiger partial charge in [0.2, 0.25) is 11.8 Å². The molecule has 0 bridgehead atoms. The fourth-order valence-corrected chi connectivity index (χ4v) is 7.07. The van der Waals surface area contributed by atoms with Crippen molar-refractivity contribution in [3.63, 3.8) is 0 Å². The van der Waals surface area contributed by atoms with E-state index in [0.717, 1.165) is 42.0 Å². The molecule has 0 aromatic heterocycles. The van der Waals surface area contributed by atoms with Gasteiger partial charge in [0.15, 0.2) is 0 Å². The molecule has 7 nitrogen and oxygen atoms in total. The van der Waals surface area contributed by atoms with E-state index in [-0.39, 0.29) is 39.1 Å². The Morgan fingerprint density at radius 1 is 0.905 bits per heavy atom. The topological polar surface area (TPSA) is 86.8 Å². The van der Waals surface area contributed by atoms with Crippen LogP contribution < -0.4 is 9.62 Å². The second-order valence-corrected chi connectivity index (χ2v) is 13.6. The zero-order valence-corrected chi connectivity index (χ0v) is 26.6. The van der Waals surface area contributed by atoms with Crippen LogP contribution in [0.25, 0.3) is 0 Å². The molecule has 1 fully saturated rings. The molecule has 4 rings (SSSR count). The lowest BCUT2D eigenvalue weighted by atomic mass is 9.95. The predicted molar refractivity (Wildman–Crippen MR) is 169 cm³/mol. The minimum atomic E-state index is -4.27. The molecule has 224 valence electrons. The fourth-order valence-electron chi connectivity index (χ4n) is 5.00. The number of carbonyl (C=O) groups excluding carboxylic acids is 2. The van der Waals surface area contributed by atoms with Gasteiger partial charge in [0.1, 0.15) is 12.6 Å². The molecule has 42 heavy (non-hydrogen) atoms. The van der Waals surface area contributed by atoms with E-state index in [1.54, 1.807) is 49.4 Å². The molecule has 0 heterocycles. The Bertz CT molecular complexity index is 1530. The normalized spacial score (nSPS) is 14.7. The van der Waals surface area contributed by atoms with E-state index in [2.05, 4.69) is 5.32 Å². The Kier molecular flexibility index (Phi) is 10.8. The van der Waals surface area contributed by atoms with E-state index in [0.29, 0.717) is 10.6 Å². The summed E-state index contributed by atoms with van der Waals surface area (Å²) in [5, 5.41) is 3.64. The van der Waals surface area contributed by atoms with Crippen LogP contribution in [0.3, 0.4) is 0 Å². The summed E-state index contributed by atoms with van der Waals surface area (Å²) < 4.78 is 28.9. The molecule has 1 N–H and O–H groups in total. The Hall–Kier alpha value is -2.78. The van der Waals surface area contributed by atoms with Crippen molar-refractivity contribution in [1.29, 1.82) is 0 Å². The van der Waals surface area contributed by atoms with Crippen molar-refractivity contribution < 1.29 is 18.0 Å². The first-order valence-electron chi connectivity index (χ1n) is 13.9. The summed E-state index contributed by atoms with van der Waals surface area (Å²) in [6.45, 7) is 2.86. The number of nitrogens with zero attached hydrogens (tertiary/aromatic N) is 2. The van der Waals surface area contributed by atoms with E-state index in [4.69, 9.17) is 34.8 Å². The first kappa shape index (κ1) is 32.1. The molecule has 0 unspecified atom stereocenters. The lowest BCUT2D eigenvalue weighted by Gasteiger charge is -2.33. The van der Waals surface area contributed by atoms with Crippen LogP contribution in [0, 0.1) is 6.92 Å². The van der Waals surface area contributed by atoms with E-state index in [9.17, 15) is 18.0 Å². The van der Waals surface area contributed by atoms with E-state index >= 15 is 0 Å². The summed E-state index contributed by atoms with van der Waals surface area (Å²) in [4.78, 5) is 28.9. The highest BCUT2D eigenvalue weighted by atomic mass is 35.5. The van der Waals surface area contributed by atoms with Crippen LogP contribution in [0.1, 0.15) is 50.2 Å². The van der Waals surface area contributed by atoms with Gasteiger partial charge < -0.3 is 10.2 Å². The minimum absolute atomic E-state index is 0.000538. The SMILES string of the molecule is Cc1ccc(S(=O)(=O)N(CC(=O)N(Cc2ccccc2Cl)[C@@H](C)C(=O)NC2CCCCC2)c2cccc(Cl)c2Cl)cc1. The van der Waals surface area contributed by atoms with Crippen molar-refractivity contribution in [1.82, 2.24) is 10.2 Å². The first-order valence-corrected chi connectivity index (χ1v) is 16.4. The molecule has 3 aromatic carbocycles. The molecular formula is C31H34Cl3N3O4S. The molecule has 0 aliphatic heterocycles. The third-order valence-electron chi connectivity index (χ3n) is 7.51. The highest BCUT2D eigenvalue weighted by Crippen LogP contribution is 2.35. The maximum absolute atomic E-state index is 14.1. The quantitative estimate of drug-likeness (QED) is 0.256. The van der Waals surface area contributed by atoms with Gasteiger partial charge in [-0.25, -0.2) is 8.42 Å². The Balaban J connectivity index is 1.72. The van der Waals surface area contributed by atoms with E-state index in [1.807, 2.05) is 6.92 Å². The molecule has 1 saturated carbocycles. The number of carbonyl (C=O) groups is 2. The highest BCUT2D eigenvalue weighted by Gasteiger charge is 2.34. The number of benzene rings is 3. The van der Waals surface area contributed by atoms with Crippen LogP contribution in [0.2, 0.25) is 15.1 Å². The maximum atomic E-state index is 14.1. The van der Waals surface area contributed by atoms with Gasteiger partial charge in [0, 0.05) is 17.6 Å². The molecule has 11 heteroatoms. The number of hydrogen-bond donors (Lipinski definition) is 1. The van der Waals surface area contributed by atoms with E-state index in [1.165, 1.54) is 29.2 Å². The van der Waals surface area contributed by atoms with Gasteiger partial charge in [-0.3, -0.25) is 13.9 Å². The summed E-state index contributed by atoms with van der Waals surface area (Å²) in [7, 11) is -4.27. The van der Waals surface area contributed by atoms with Crippen molar-refractivity contribution in [2.24, 2.45) is 0 Å². The largest absolute Gasteiger partial charge is 0.352 e. The molecule has 1 aliphatic rings. The van der Waals surface area contributed by atoms with Crippen LogP contribution in [-0.4, -0.2) is 43.8 Å². The van der Waals surface area contributed by atoms with Gasteiger partial charge in [0.05, 0.1) is 20.6 Å². The fraction of sp³-hybridized carbons (Fsp3) is 0.355. The second kappa shape index (κ2) is 14.1. The van der Waals surface area contributed by atoms with Crippen molar-refractivity contribution in [2.45, 2.75) is 69.5 Å². The number of nitrogens with one attached hydrogen (secondary N) is 1. The number of amides is 2. The number of sulfonamides is 1. The maximum Gasteiger partial charge on any atom is 0.264 e. The van der Waals surface area contributed by atoms with Crippen molar-refractivity contribution in [2.75, 3.05) is 10.8 Å². The highest BCUT2D eigenvalue weighted by molar-refractivity contribution is 7.92. The summed E-state index contributed by atoms with van der Waals surface area (Å²) >= 11 is 19.2. The molecule has 1 atom stereocenters. The van der Waals surface area contributed by atoms with Gasteiger partial charge in [-0.2, -0.15) is 0 Å². The first-order chi connectivity index (χ1) is 20.0. The summed E-state index contributed by atoms with van der Waals surface area (Å²) in [5.74, 6) is -0.913. The molecular weight excluding hydrogens is 617 g/mol. The third-order valence-corrected chi connectivity index (χ3v) is 10.5. The lowest BCUT2D eigenvalue weighted by Crippen LogP contribution is -2.53. The number of anilines is 1. The Morgan fingerprint density at radius 3 is 2.21 bits per heavy atom.